The zero-order chi connectivity index (χ0) is 24.5. The van der Waals surface area contributed by atoms with Gasteiger partial charge in [0.25, 0.3) is 0 Å². The second kappa shape index (κ2) is 9.06. The summed E-state index contributed by atoms with van der Waals surface area (Å²) in [4.78, 5) is 43.8. The first-order valence-electron chi connectivity index (χ1n) is 11.3. The van der Waals surface area contributed by atoms with E-state index in [-0.39, 0.29) is 30.8 Å². The van der Waals surface area contributed by atoms with Gasteiger partial charge in [-0.3, -0.25) is 18.7 Å². The highest BCUT2D eigenvalue weighted by atomic mass is 16.5. The number of rotatable bonds is 5. The number of aromatic nitrogens is 5. The van der Waals surface area contributed by atoms with Gasteiger partial charge in [0, 0.05) is 31.8 Å². The smallest absolute Gasteiger partial charge is 0.333 e. The van der Waals surface area contributed by atoms with Crippen LogP contribution in [-0.2, 0) is 21.1 Å². The van der Waals surface area contributed by atoms with Crippen molar-refractivity contribution in [2.45, 2.75) is 39.0 Å². The number of hydrogen-bond donors (Lipinski definition) is 0. The third-order valence-electron chi connectivity index (χ3n) is 6.25. The Morgan fingerprint density at radius 3 is 2.89 bits per heavy atom. The normalized spacial score (nSPS) is 15.9. The van der Waals surface area contributed by atoms with Crippen LogP contribution in [0, 0.1) is 11.3 Å². The molecule has 0 aliphatic carbocycles. The second-order valence-electron chi connectivity index (χ2n) is 8.44. The maximum absolute atomic E-state index is 13.5. The molecular formula is C24H23N7O4. The van der Waals surface area contributed by atoms with Crippen molar-refractivity contribution in [2.75, 3.05) is 13.1 Å². The zero-order valence-corrected chi connectivity index (χ0v) is 19.1. The summed E-state index contributed by atoms with van der Waals surface area (Å²) in [6.45, 7) is 1.89. The van der Waals surface area contributed by atoms with Crippen LogP contribution in [0.3, 0.4) is 0 Å². The minimum Gasteiger partial charge on any atom is -0.444 e. The number of ether oxygens (including phenoxy) is 1. The highest BCUT2D eigenvalue weighted by Crippen LogP contribution is 2.28. The Labute approximate surface area is 199 Å². The Balaban J connectivity index is 1.63. The molecule has 5 rings (SSSR count). The number of carbonyl (C=O) groups excluding carboxylic acids is 2. The number of carbonyl (C=O) groups is 2. The summed E-state index contributed by atoms with van der Waals surface area (Å²) in [7, 11) is 0. The summed E-state index contributed by atoms with van der Waals surface area (Å²) in [5, 5.41) is 13.3. The van der Waals surface area contributed by atoms with Gasteiger partial charge in [0.1, 0.15) is 6.42 Å². The minimum absolute atomic E-state index is 0.201. The lowest BCUT2D eigenvalue weighted by atomic mass is 10.1. The van der Waals surface area contributed by atoms with Crippen LogP contribution in [0.25, 0.3) is 27.9 Å². The Bertz CT molecular complexity index is 1540. The van der Waals surface area contributed by atoms with E-state index >= 15 is 0 Å². The van der Waals surface area contributed by atoms with Crippen LogP contribution < -0.4 is 5.69 Å². The van der Waals surface area contributed by atoms with E-state index < -0.39 is 5.97 Å². The number of likely N-dealkylation sites (tertiary alicyclic amines) is 1. The van der Waals surface area contributed by atoms with Crippen molar-refractivity contribution in [3.63, 3.8) is 0 Å². The SMILES string of the molecule is CC(=O)OCn1c(=O)n(C2CCCN(C(=O)CC#N)C2)c2nc(-c3cnn4ccccc34)ccc21. The lowest BCUT2D eigenvalue weighted by molar-refractivity contribution is -0.144. The molecule has 5 heterocycles. The molecule has 0 N–H and O–H groups in total. The van der Waals surface area contributed by atoms with E-state index in [4.69, 9.17) is 15.0 Å². The van der Waals surface area contributed by atoms with E-state index in [9.17, 15) is 14.4 Å². The molecule has 11 heteroatoms. The summed E-state index contributed by atoms with van der Waals surface area (Å²) >= 11 is 0. The number of nitriles is 1. The standard InChI is InChI=1S/C24H23N7O4/c1-16(32)35-15-29-21-8-7-19(18-13-26-30-12-3-2-6-20(18)30)27-23(21)31(24(29)34)17-5-4-11-28(14-17)22(33)9-10-25/h2-3,6-8,12-13,17H,4-5,9,11,14-15H2,1H3. The van der Waals surface area contributed by atoms with Gasteiger partial charge in [-0.1, -0.05) is 6.07 Å². The monoisotopic (exact) mass is 473 g/mol. The van der Waals surface area contributed by atoms with Gasteiger partial charge in [0.05, 0.1) is 35.0 Å². The van der Waals surface area contributed by atoms with Crippen LogP contribution in [0.4, 0.5) is 0 Å². The van der Waals surface area contributed by atoms with Gasteiger partial charge in [0.15, 0.2) is 12.4 Å². The molecule has 1 fully saturated rings. The van der Waals surface area contributed by atoms with Crippen molar-refractivity contribution in [1.29, 1.82) is 5.26 Å². The number of pyridine rings is 2. The molecule has 1 unspecified atom stereocenters. The summed E-state index contributed by atoms with van der Waals surface area (Å²) in [6, 6.07) is 10.9. The molecule has 4 aromatic rings. The van der Waals surface area contributed by atoms with E-state index in [0.717, 1.165) is 11.1 Å². The number of nitrogens with zero attached hydrogens (tertiary/aromatic N) is 7. The van der Waals surface area contributed by atoms with Crippen LogP contribution in [-0.4, -0.2) is 53.6 Å². The molecule has 0 bridgehead atoms. The number of hydrogen-bond acceptors (Lipinski definition) is 7. The molecular weight excluding hydrogens is 450 g/mol. The molecule has 1 amide bonds. The van der Waals surface area contributed by atoms with Crippen LogP contribution in [0.1, 0.15) is 32.2 Å². The molecule has 0 radical (unpaired) electrons. The van der Waals surface area contributed by atoms with Gasteiger partial charge in [-0.05, 0) is 37.1 Å². The van der Waals surface area contributed by atoms with Gasteiger partial charge in [-0.25, -0.2) is 14.3 Å². The maximum atomic E-state index is 13.5. The summed E-state index contributed by atoms with van der Waals surface area (Å²) in [6.07, 6.45) is 4.74. The van der Waals surface area contributed by atoms with Crippen molar-refractivity contribution >= 4 is 28.6 Å². The molecule has 11 nitrogen and oxygen atoms in total. The quantitative estimate of drug-likeness (QED) is 0.406. The highest BCUT2D eigenvalue weighted by molar-refractivity contribution is 5.82. The summed E-state index contributed by atoms with van der Waals surface area (Å²) < 4.78 is 9.85. The van der Waals surface area contributed by atoms with Gasteiger partial charge in [-0.2, -0.15) is 10.4 Å². The van der Waals surface area contributed by atoms with Crippen LogP contribution in [0.15, 0.2) is 47.5 Å². The van der Waals surface area contributed by atoms with E-state index in [1.165, 1.54) is 11.5 Å². The Kier molecular flexibility index (Phi) is 5.78. The van der Waals surface area contributed by atoms with Crippen molar-refractivity contribution in [2.24, 2.45) is 0 Å². The highest BCUT2D eigenvalue weighted by Gasteiger charge is 2.29. The van der Waals surface area contributed by atoms with Crippen LogP contribution in [0.2, 0.25) is 0 Å². The average molecular weight is 473 g/mol. The van der Waals surface area contributed by atoms with Gasteiger partial charge < -0.3 is 9.64 Å². The fourth-order valence-corrected chi connectivity index (χ4v) is 4.62. The number of esters is 1. The predicted octanol–water partition coefficient (Wildman–Crippen LogP) is 2.11. The van der Waals surface area contributed by atoms with E-state index in [1.54, 1.807) is 26.2 Å². The number of imidazole rings is 1. The zero-order valence-electron chi connectivity index (χ0n) is 19.1. The average Bonchev–Trinajstić information content (AvgIpc) is 3.41. The number of piperidine rings is 1. The lowest BCUT2D eigenvalue weighted by Gasteiger charge is -2.32. The van der Waals surface area contributed by atoms with E-state index in [0.29, 0.717) is 42.8 Å². The van der Waals surface area contributed by atoms with Crippen molar-refractivity contribution in [3.05, 3.63) is 53.2 Å². The van der Waals surface area contributed by atoms with Gasteiger partial charge in [-0.15, -0.1) is 0 Å². The lowest BCUT2D eigenvalue weighted by Crippen LogP contribution is -2.43. The third-order valence-corrected chi connectivity index (χ3v) is 6.25. The van der Waals surface area contributed by atoms with Crippen molar-refractivity contribution in [3.8, 4) is 17.3 Å². The molecule has 35 heavy (non-hydrogen) atoms. The molecule has 0 spiro atoms. The first-order valence-corrected chi connectivity index (χ1v) is 11.3. The largest absolute Gasteiger partial charge is 0.444 e. The molecule has 1 aliphatic heterocycles. The van der Waals surface area contributed by atoms with E-state index in [2.05, 4.69) is 5.10 Å². The topological polar surface area (TPSA) is 128 Å². The molecule has 1 saturated heterocycles. The number of fused-ring (bicyclic) bond motifs is 2. The Morgan fingerprint density at radius 2 is 2.09 bits per heavy atom. The first kappa shape index (κ1) is 22.3. The number of amides is 1. The van der Waals surface area contributed by atoms with Gasteiger partial charge >= 0.3 is 11.7 Å². The molecule has 178 valence electrons. The molecule has 0 saturated carbocycles. The Hall–Kier alpha value is -4.46. The van der Waals surface area contributed by atoms with Crippen molar-refractivity contribution < 1.29 is 14.3 Å². The first-order chi connectivity index (χ1) is 17.0. The molecule has 4 aromatic heterocycles. The molecule has 1 aliphatic rings. The summed E-state index contributed by atoms with van der Waals surface area (Å²) in [5.41, 5.74) is 2.93. The molecule has 0 aromatic carbocycles. The fraction of sp³-hybridized carbons (Fsp3) is 0.333. The maximum Gasteiger partial charge on any atom is 0.333 e. The van der Waals surface area contributed by atoms with Crippen LogP contribution in [0.5, 0.6) is 0 Å². The van der Waals surface area contributed by atoms with Crippen molar-refractivity contribution in [1.82, 2.24) is 28.6 Å². The third kappa shape index (κ3) is 4.03. The Morgan fingerprint density at radius 1 is 1.23 bits per heavy atom. The molecule has 1 atom stereocenters. The summed E-state index contributed by atoms with van der Waals surface area (Å²) in [5.74, 6) is -0.756. The fourth-order valence-electron chi connectivity index (χ4n) is 4.62. The van der Waals surface area contributed by atoms with E-state index in [1.807, 2.05) is 36.5 Å². The predicted molar refractivity (Wildman–Crippen MR) is 125 cm³/mol. The second-order valence-corrected chi connectivity index (χ2v) is 8.44. The van der Waals surface area contributed by atoms with Crippen LogP contribution >= 0.6 is 0 Å². The van der Waals surface area contributed by atoms with Gasteiger partial charge in [0.2, 0.25) is 5.91 Å². The minimum atomic E-state index is -0.500.